The van der Waals surface area contributed by atoms with Crippen LogP contribution in [0, 0.1) is 5.41 Å². The van der Waals surface area contributed by atoms with Crippen molar-refractivity contribution in [2.75, 3.05) is 0 Å². The second-order valence-corrected chi connectivity index (χ2v) is 4.81. The lowest BCUT2D eigenvalue weighted by Crippen LogP contribution is -2.32. The van der Waals surface area contributed by atoms with Gasteiger partial charge in [0.05, 0.1) is 11.7 Å². The van der Waals surface area contributed by atoms with Crippen molar-refractivity contribution in [1.29, 1.82) is 0 Å². The lowest BCUT2D eigenvalue weighted by molar-refractivity contribution is 0.218. The number of hydrogen-bond donors (Lipinski definition) is 1. The fraction of sp³-hybridized carbons (Fsp3) is 0.750. The molecule has 0 radical (unpaired) electrons. The van der Waals surface area contributed by atoms with Crippen molar-refractivity contribution < 1.29 is 0 Å². The molecule has 1 aliphatic carbocycles. The summed E-state index contributed by atoms with van der Waals surface area (Å²) in [5, 5.41) is 4.44. The largest absolute Gasteiger partial charge is 0.322 e. The number of aromatic nitrogens is 2. The molecule has 0 aromatic carbocycles. The highest BCUT2D eigenvalue weighted by Gasteiger charge is 2.39. The summed E-state index contributed by atoms with van der Waals surface area (Å²) in [6, 6.07) is 2.17. The van der Waals surface area contributed by atoms with Crippen LogP contribution in [-0.4, -0.2) is 9.78 Å². The van der Waals surface area contributed by atoms with E-state index in [4.69, 9.17) is 5.73 Å². The van der Waals surface area contributed by atoms with Crippen molar-refractivity contribution in [2.24, 2.45) is 18.2 Å². The van der Waals surface area contributed by atoms with Crippen LogP contribution in [0.5, 0.6) is 0 Å². The zero-order valence-electron chi connectivity index (χ0n) is 9.74. The third-order valence-electron chi connectivity index (χ3n) is 4.02. The molecule has 1 fully saturated rings. The Morgan fingerprint density at radius 2 is 2.20 bits per heavy atom. The summed E-state index contributed by atoms with van der Waals surface area (Å²) in [5.41, 5.74) is 7.75. The van der Waals surface area contributed by atoms with Gasteiger partial charge >= 0.3 is 0 Å². The van der Waals surface area contributed by atoms with Crippen molar-refractivity contribution in [3.63, 3.8) is 0 Å². The third-order valence-corrected chi connectivity index (χ3v) is 4.02. The Morgan fingerprint density at radius 1 is 1.53 bits per heavy atom. The molecule has 1 aromatic heterocycles. The van der Waals surface area contributed by atoms with Crippen LogP contribution >= 0.6 is 0 Å². The highest BCUT2D eigenvalue weighted by Crippen LogP contribution is 2.48. The summed E-state index contributed by atoms with van der Waals surface area (Å²) in [6.45, 7) is 2.26. The summed E-state index contributed by atoms with van der Waals surface area (Å²) in [4.78, 5) is 0. The Balaban J connectivity index is 2.21. The normalized spacial score (nSPS) is 21.8. The van der Waals surface area contributed by atoms with E-state index in [0.29, 0.717) is 5.41 Å². The van der Waals surface area contributed by atoms with Crippen LogP contribution in [0.15, 0.2) is 12.3 Å². The van der Waals surface area contributed by atoms with Crippen LogP contribution in [-0.2, 0) is 7.05 Å². The molecule has 2 rings (SSSR count). The molecule has 0 amide bonds. The predicted octanol–water partition coefficient (Wildman–Crippen LogP) is 2.39. The van der Waals surface area contributed by atoms with Crippen molar-refractivity contribution in [3.05, 3.63) is 18.0 Å². The van der Waals surface area contributed by atoms with Crippen molar-refractivity contribution in [3.8, 4) is 0 Å². The van der Waals surface area contributed by atoms with Crippen LogP contribution in [0.3, 0.4) is 0 Å². The topological polar surface area (TPSA) is 43.8 Å². The molecular weight excluding hydrogens is 186 g/mol. The fourth-order valence-corrected chi connectivity index (χ4v) is 2.88. The first-order chi connectivity index (χ1) is 7.18. The molecule has 3 heteroatoms. The van der Waals surface area contributed by atoms with Crippen LogP contribution in [0.4, 0.5) is 0 Å². The maximum absolute atomic E-state index is 6.38. The molecule has 84 valence electrons. The van der Waals surface area contributed by atoms with Gasteiger partial charge in [-0.1, -0.05) is 19.8 Å². The Labute approximate surface area is 91.7 Å². The number of nitrogens with zero attached hydrogens (tertiary/aromatic N) is 2. The molecule has 0 spiro atoms. The van der Waals surface area contributed by atoms with E-state index in [-0.39, 0.29) is 6.04 Å². The average molecular weight is 207 g/mol. The van der Waals surface area contributed by atoms with Crippen LogP contribution in [0.1, 0.15) is 50.8 Å². The van der Waals surface area contributed by atoms with Gasteiger partial charge in [0.25, 0.3) is 0 Å². The first-order valence-electron chi connectivity index (χ1n) is 5.93. The Bertz CT molecular complexity index is 323. The Hall–Kier alpha value is -0.830. The summed E-state index contributed by atoms with van der Waals surface area (Å²) in [7, 11) is 1.95. The number of hydrogen-bond acceptors (Lipinski definition) is 2. The minimum atomic E-state index is 0.117. The van der Waals surface area contributed by atoms with E-state index < -0.39 is 0 Å². The molecule has 15 heavy (non-hydrogen) atoms. The van der Waals surface area contributed by atoms with Gasteiger partial charge in [-0.25, -0.2) is 0 Å². The van der Waals surface area contributed by atoms with Crippen LogP contribution < -0.4 is 5.73 Å². The van der Waals surface area contributed by atoms with E-state index in [2.05, 4.69) is 18.1 Å². The van der Waals surface area contributed by atoms with Gasteiger partial charge in [-0.05, 0) is 30.7 Å². The van der Waals surface area contributed by atoms with Gasteiger partial charge < -0.3 is 5.73 Å². The second-order valence-electron chi connectivity index (χ2n) is 4.81. The minimum Gasteiger partial charge on any atom is -0.322 e. The molecule has 2 N–H and O–H groups in total. The van der Waals surface area contributed by atoms with Gasteiger partial charge in [-0.2, -0.15) is 5.10 Å². The summed E-state index contributed by atoms with van der Waals surface area (Å²) < 4.78 is 1.84. The molecule has 0 aliphatic heterocycles. The third kappa shape index (κ3) is 1.81. The average Bonchev–Trinajstić information content (AvgIpc) is 2.86. The number of nitrogens with two attached hydrogens (primary N) is 1. The van der Waals surface area contributed by atoms with Gasteiger partial charge in [0.1, 0.15) is 0 Å². The van der Waals surface area contributed by atoms with Gasteiger partial charge in [0, 0.05) is 13.2 Å². The summed E-state index contributed by atoms with van der Waals surface area (Å²) in [5.74, 6) is 0. The maximum Gasteiger partial charge on any atom is 0.0797 e. The van der Waals surface area contributed by atoms with Gasteiger partial charge in [0.2, 0.25) is 0 Å². The van der Waals surface area contributed by atoms with Gasteiger partial charge in [0.15, 0.2) is 0 Å². The van der Waals surface area contributed by atoms with Gasteiger partial charge in [-0.15, -0.1) is 0 Å². The molecule has 1 aliphatic rings. The van der Waals surface area contributed by atoms with E-state index in [1.54, 1.807) is 0 Å². The highest BCUT2D eigenvalue weighted by molar-refractivity contribution is 5.10. The monoisotopic (exact) mass is 207 g/mol. The van der Waals surface area contributed by atoms with Crippen molar-refractivity contribution in [1.82, 2.24) is 9.78 Å². The quantitative estimate of drug-likeness (QED) is 0.827. The first kappa shape index (κ1) is 10.7. The lowest BCUT2D eigenvalue weighted by Gasteiger charge is -2.33. The maximum atomic E-state index is 6.38. The van der Waals surface area contributed by atoms with E-state index >= 15 is 0 Å². The summed E-state index contributed by atoms with van der Waals surface area (Å²) >= 11 is 0. The van der Waals surface area contributed by atoms with E-state index in [0.717, 1.165) is 5.69 Å². The van der Waals surface area contributed by atoms with Crippen molar-refractivity contribution in [2.45, 2.75) is 45.1 Å². The molecule has 3 nitrogen and oxygen atoms in total. The zero-order valence-corrected chi connectivity index (χ0v) is 9.74. The Kier molecular flexibility index (Phi) is 2.83. The smallest absolute Gasteiger partial charge is 0.0797 e. The lowest BCUT2D eigenvalue weighted by atomic mass is 9.75. The second kappa shape index (κ2) is 3.97. The molecule has 0 saturated heterocycles. The molecule has 1 aromatic rings. The van der Waals surface area contributed by atoms with Crippen LogP contribution in [0.2, 0.25) is 0 Å². The van der Waals surface area contributed by atoms with Crippen LogP contribution in [0.25, 0.3) is 0 Å². The predicted molar refractivity (Wildman–Crippen MR) is 61.3 cm³/mol. The van der Waals surface area contributed by atoms with Crippen molar-refractivity contribution >= 4 is 0 Å². The van der Waals surface area contributed by atoms with E-state index in [1.165, 1.54) is 32.1 Å². The molecule has 1 saturated carbocycles. The number of rotatable bonds is 3. The minimum absolute atomic E-state index is 0.117. The molecular formula is C12H21N3. The van der Waals surface area contributed by atoms with E-state index in [9.17, 15) is 0 Å². The molecule has 0 bridgehead atoms. The Morgan fingerprint density at radius 3 is 2.67 bits per heavy atom. The van der Waals surface area contributed by atoms with E-state index in [1.807, 2.05) is 17.9 Å². The SMILES string of the molecule is CCC1(C(N)c2ccn(C)n2)CCCC1. The molecule has 1 heterocycles. The molecule has 1 atom stereocenters. The van der Waals surface area contributed by atoms with Gasteiger partial charge in [-0.3, -0.25) is 4.68 Å². The standard InChI is InChI=1S/C12H21N3/c1-3-12(7-4-5-8-12)11(13)10-6-9-15(2)14-10/h6,9,11H,3-5,7-8,13H2,1-2H3. The highest BCUT2D eigenvalue weighted by atomic mass is 15.3. The fourth-order valence-electron chi connectivity index (χ4n) is 2.88. The molecule has 1 unspecified atom stereocenters. The first-order valence-corrected chi connectivity index (χ1v) is 5.93. The summed E-state index contributed by atoms with van der Waals surface area (Å²) in [6.07, 6.45) is 8.34. The number of aryl methyl sites for hydroxylation is 1. The zero-order chi connectivity index (χ0) is 10.9.